The highest BCUT2D eigenvalue weighted by Crippen LogP contribution is 2.33. The molecule has 0 saturated carbocycles. The number of nitrogens with zero attached hydrogens (tertiary/aromatic N) is 5. The van der Waals surface area contributed by atoms with Gasteiger partial charge in [-0.05, 0) is 43.5 Å². The fraction of sp³-hybridized carbons (Fsp3) is 0.350. The molecule has 0 radical (unpaired) electrons. The number of piperidine rings is 1. The van der Waals surface area contributed by atoms with E-state index in [1.807, 2.05) is 36.2 Å². The number of hydrogen-bond acceptors (Lipinski definition) is 4. The zero-order valence-corrected chi connectivity index (χ0v) is 15.2. The Kier molecular flexibility index (Phi) is 4.32. The van der Waals surface area contributed by atoms with Crippen molar-refractivity contribution >= 4 is 17.2 Å². The van der Waals surface area contributed by atoms with Crippen molar-refractivity contribution in [2.45, 2.75) is 25.3 Å². The zero-order chi connectivity index (χ0) is 18.1. The summed E-state index contributed by atoms with van der Waals surface area (Å²) >= 11 is 0. The molecule has 6 nitrogen and oxygen atoms in total. The first-order valence-electron chi connectivity index (χ1n) is 9.01. The average Bonchev–Trinajstić information content (AvgIpc) is 3.16. The highest BCUT2D eigenvalue weighted by Gasteiger charge is 2.30. The second-order valence-electron chi connectivity index (χ2n) is 6.93. The quantitative estimate of drug-likeness (QED) is 0.729. The number of rotatable bonds is 3. The van der Waals surface area contributed by atoms with E-state index in [4.69, 9.17) is 4.98 Å². The van der Waals surface area contributed by atoms with Gasteiger partial charge in [-0.2, -0.15) is 0 Å². The molecule has 1 saturated heterocycles. The van der Waals surface area contributed by atoms with Crippen molar-refractivity contribution in [1.82, 2.24) is 19.3 Å². The molecule has 0 unspecified atom stereocenters. The molecule has 1 fully saturated rings. The summed E-state index contributed by atoms with van der Waals surface area (Å²) in [4.78, 5) is 26.0. The molecular formula is C20H23N5O. The third-order valence-corrected chi connectivity index (χ3v) is 4.97. The SMILES string of the molecule is CN(C)c1nc([C@H]2CCCCN2C(=O)c2ccncc2)cn2cccc12. The van der Waals surface area contributed by atoms with Gasteiger partial charge in [0.05, 0.1) is 17.3 Å². The van der Waals surface area contributed by atoms with Crippen molar-refractivity contribution < 1.29 is 4.79 Å². The Bertz CT molecular complexity index is 918. The van der Waals surface area contributed by atoms with Crippen LogP contribution >= 0.6 is 0 Å². The maximum absolute atomic E-state index is 13.1. The number of fused-ring (bicyclic) bond motifs is 1. The number of aromatic nitrogens is 3. The molecule has 1 amide bonds. The lowest BCUT2D eigenvalue weighted by atomic mass is 9.98. The van der Waals surface area contributed by atoms with E-state index in [0.717, 1.165) is 42.8 Å². The van der Waals surface area contributed by atoms with Crippen LogP contribution in [0.25, 0.3) is 5.52 Å². The molecule has 1 aliphatic rings. The molecule has 26 heavy (non-hydrogen) atoms. The standard InChI is InChI=1S/C20H23N5O/c1-23(2)19-18-7-5-12-24(18)14-16(22-19)17-6-3-4-13-25(17)20(26)15-8-10-21-11-9-15/h5,7-12,14,17H,3-4,6,13H2,1-2H3/t17-/m1/s1. The molecular weight excluding hydrogens is 326 g/mol. The molecule has 134 valence electrons. The summed E-state index contributed by atoms with van der Waals surface area (Å²) < 4.78 is 2.10. The summed E-state index contributed by atoms with van der Waals surface area (Å²) in [6.45, 7) is 0.758. The molecule has 6 heteroatoms. The van der Waals surface area contributed by atoms with Crippen LogP contribution in [0.1, 0.15) is 41.4 Å². The third-order valence-electron chi connectivity index (χ3n) is 4.97. The van der Waals surface area contributed by atoms with Gasteiger partial charge < -0.3 is 14.2 Å². The summed E-state index contributed by atoms with van der Waals surface area (Å²) in [5, 5.41) is 0. The van der Waals surface area contributed by atoms with Gasteiger partial charge >= 0.3 is 0 Å². The first-order chi connectivity index (χ1) is 12.6. The van der Waals surface area contributed by atoms with E-state index < -0.39 is 0 Å². The van der Waals surface area contributed by atoms with E-state index in [9.17, 15) is 4.79 Å². The van der Waals surface area contributed by atoms with E-state index in [1.54, 1.807) is 24.5 Å². The maximum Gasteiger partial charge on any atom is 0.254 e. The zero-order valence-electron chi connectivity index (χ0n) is 15.2. The van der Waals surface area contributed by atoms with Gasteiger partial charge in [-0.1, -0.05) is 0 Å². The Hall–Kier alpha value is -2.89. The second-order valence-corrected chi connectivity index (χ2v) is 6.93. The molecule has 0 bridgehead atoms. The average molecular weight is 349 g/mol. The summed E-state index contributed by atoms with van der Waals surface area (Å²) in [5.41, 5.74) is 2.70. The second kappa shape index (κ2) is 6.78. The van der Waals surface area contributed by atoms with Crippen molar-refractivity contribution in [3.63, 3.8) is 0 Å². The molecule has 0 spiro atoms. The molecule has 3 aromatic heterocycles. The van der Waals surface area contributed by atoms with E-state index in [0.29, 0.717) is 5.56 Å². The topological polar surface area (TPSA) is 53.7 Å². The number of hydrogen-bond donors (Lipinski definition) is 0. The minimum Gasteiger partial charge on any atom is -0.361 e. The number of amides is 1. The highest BCUT2D eigenvalue weighted by atomic mass is 16.2. The minimum absolute atomic E-state index is 0.00471. The van der Waals surface area contributed by atoms with Gasteiger partial charge in [0, 0.05) is 51.0 Å². The van der Waals surface area contributed by atoms with Crippen LogP contribution < -0.4 is 4.90 Å². The predicted molar refractivity (Wildman–Crippen MR) is 101 cm³/mol. The molecule has 0 aliphatic carbocycles. The largest absolute Gasteiger partial charge is 0.361 e. The summed E-state index contributed by atoms with van der Waals surface area (Å²) in [6, 6.07) is 7.64. The van der Waals surface area contributed by atoms with Crippen LogP contribution in [0.5, 0.6) is 0 Å². The lowest BCUT2D eigenvalue weighted by Gasteiger charge is -2.36. The van der Waals surface area contributed by atoms with Crippen molar-refractivity contribution in [2.75, 3.05) is 25.5 Å². The molecule has 1 aliphatic heterocycles. The van der Waals surface area contributed by atoms with Crippen LogP contribution in [-0.2, 0) is 0 Å². The molecule has 1 atom stereocenters. The fourth-order valence-corrected chi connectivity index (χ4v) is 3.68. The number of anilines is 1. The Morgan fingerprint density at radius 3 is 2.77 bits per heavy atom. The smallest absolute Gasteiger partial charge is 0.254 e. The van der Waals surface area contributed by atoms with Gasteiger partial charge in [0.2, 0.25) is 0 Å². The predicted octanol–water partition coefficient (Wildman–Crippen LogP) is 3.16. The fourth-order valence-electron chi connectivity index (χ4n) is 3.68. The molecule has 3 aromatic rings. The maximum atomic E-state index is 13.1. The number of likely N-dealkylation sites (tertiary alicyclic amines) is 1. The summed E-state index contributed by atoms with van der Waals surface area (Å²) in [6.07, 6.45) is 10.5. The first kappa shape index (κ1) is 16.6. The lowest BCUT2D eigenvalue weighted by molar-refractivity contribution is 0.0605. The van der Waals surface area contributed by atoms with Gasteiger partial charge in [-0.3, -0.25) is 9.78 Å². The number of carbonyl (C=O) groups excluding carboxylic acids is 1. The third kappa shape index (κ3) is 2.92. The van der Waals surface area contributed by atoms with E-state index >= 15 is 0 Å². The Morgan fingerprint density at radius 1 is 1.19 bits per heavy atom. The van der Waals surface area contributed by atoms with E-state index in [1.165, 1.54) is 0 Å². The Balaban J connectivity index is 1.75. The normalized spacial score (nSPS) is 17.5. The number of carbonyl (C=O) groups is 1. The van der Waals surface area contributed by atoms with Crippen molar-refractivity contribution in [3.8, 4) is 0 Å². The van der Waals surface area contributed by atoms with E-state index in [-0.39, 0.29) is 11.9 Å². The van der Waals surface area contributed by atoms with Crippen LogP contribution in [0, 0.1) is 0 Å². The van der Waals surface area contributed by atoms with Gasteiger partial charge in [0.1, 0.15) is 0 Å². The molecule has 0 N–H and O–H groups in total. The van der Waals surface area contributed by atoms with E-state index in [2.05, 4.69) is 21.6 Å². The van der Waals surface area contributed by atoms with Gasteiger partial charge in [-0.15, -0.1) is 0 Å². The van der Waals surface area contributed by atoms with Crippen molar-refractivity contribution in [2.24, 2.45) is 0 Å². The van der Waals surface area contributed by atoms with Crippen LogP contribution in [0.4, 0.5) is 5.82 Å². The Morgan fingerprint density at radius 2 is 2.00 bits per heavy atom. The summed E-state index contributed by atoms with van der Waals surface area (Å²) in [7, 11) is 4.00. The minimum atomic E-state index is -0.00471. The monoisotopic (exact) mass is 349 g/mol. The van der Waals surface area contributed by atoms with Gasteiger partial charge in [-0.25, -0.2) is 4.98 Å². The van der Waals surface area contributed by atoms with Crippen molar-refractivity contribution in [3.05, 3.63) is 60.3 Å². The molecule has 4 heterocycles. The Labute approximate surface area is 153 Å². The van der Waals surface area contributed by atoms with Crippen molar-refractivity contribution in [1.29, 1.82) is 0 Å². The molecule has 4 rings (SSSR count). The summed E-state index contributed by atoms with van der Waals surface area (Å²) in [5.74, 6) is 0.979. The van der Waals surface area contributed by atoms with Crippen LogP contribution in [0.15, 0.2) is 49.1 Å². The van der Waals surface area contributed by atoms with Crippen LogP contribution in [0.2, 0.25) is 0 Å². The van der Waals surface area contributed by atoms with Gasteiger partial charge in [0.15, 0.2) is 5.82 Å². The lowest BCUT2D eigenvalue weighted by Crippen LogP contribution is -2.39. The van der Waals surface area contributed by atoms with Gasteiger partial charge in [0.25, 0.3) is 5.91 Å². The van der Waals surface area contributed by atoms with Crippen LogP contribution in [-0.4, -0.2) is 45.8 Å². The number of pyridine rings is 1. The first-order valence-corrected chi connectivity index (χ1v) is 9.01. The van der Waals surface area contributed by atoms with Crippen LogP contribution in [0.3, 0.4) is 0 Å². The molecule has 0 aromatic carbocycles. The highest BCUT2D eigenvalue weighted by molar-refractivity contribution is 5.94.